The monoisotopic (exact) mass is 116 g/mol. The van der Waals surface area contributed by atoms with Crippen molar-refractivity contribution in [2.75, 3.05) is 6.61 Å². The molecule has 48 valence electrons. The lowest BCUT2D eigenvalue weighted by Gasteiger charge is -2.10. The van der Waals surface area contributed by atoms with Crippen LogP contribution in [0.4, 0.5) is 0 Å². The topological polar surface area (TPSA) is 40.5 Å². The van der Waals surface area contributed by atoms with E-state index in [0.717, 1.165) is 0 Å². The van der Waals surface area contributed by atoms with Gasteiger partial charge in [-0.25, -0.2) is 0 Å². The molecule has 0 bridgehead atoms. The molecule has 0 amide bonds. The quantitative estimate of drug-likeness (QED) is 0.516. The lowest BCUT2D eigenvalue weighted by molar-refractivity contribution is 0.0686. The SMILES string of the molecule is C=C[C@@H](C)[C@H](O)CO. The highest BCUT2D eigenvalue weighted by atomic mass is 16.3. The van der Waals surface area contributed by atoms with Crippen LogP contribution in [0.5, 0.6) is 0 Å². The minimum Gasteiger partial charge on any atom is -0.394 e. The fraction of sp³-hybridized carbons (Fsp3) is 0.667. The van der Waals surface area contributed by atoms with E-state index >= 15 is 0 Å². The number of rotatable bonds is 3. The van der Waals surface area contributed by atoms with Crippen molar-refractivity contribution < 1.29 is 10.2 Å². The average Bonchev–Trinajstić information content (AvgIpc) is 1.84. The first-order chi connectivity index (χ1) is 3.72. The first-order valence-electron chi connectivity index (χ1n) is 2.63. The third kappa shape index (κ3) is 2.09. The third-order valence-electron chi connectivity index (χ3n) is 1.17. The molecule has 0 aliphatic carbocycles. The van der Waals surface area contributed by atoms with Crippen molar-refractivity contribution in [3.63, 3.8) is 0 Å². The van der Waals surface area contributed by atoms with Gasteiger partial charge in [-0.2, -0.15) is 0 Å². The van der Waals surface area contributed by atoms with Crippen LogP contribution in [0.15, 0.2) is 12.7 Å². The van der Waals surface area contributed by atoms with Crippen molar-refractivity contribution in [2.24, 2.45) is 5.92 Å². The Morgan fingerprint density at radius 2 is 2.25 bits per heavy atom. The number of hydrogen-bond acceptors (Lipinski definition) is 2. The Kier molecular flexibility index (Phi) is 3.48. The molecule has 0 saturated heterocycles. The highest BCUT2D eigenvalue weighted by molar-refractivity contribution is 4.80. The number of hydrogen-bond donors (Lipinski definition) is 2. The molecule has 0 rings (SSSR count). The van der Waals surface area contributed by atoms with Gasteiger partial charge in [-0.3, -0.25) is 0 Å². The molecule has 0 aromatic rings. The smallest absolute Gasteiger partial charge is 0.0830 e. The van der Waals surface area contributed by atoms with Crippen molar-refractivity contribution >= 4 is 0 Å². The van der Waals surface area contributed by atoms with E-state index in [-0.39, 0.29) is 12.5 Å². The van der Waals surface area contributed by atoms with Crippen LogP contribution in [-0.2, 0) is 0 Å². The van der Waals surface area contributed by atoms with Gasteiger partial charge in [0.05, 0.1) is 12.7 Å². The predicted molar refractivity (Wildman–Crippen MR) is 32.5 cm³/mol. The minimum absolute atomic E-state index is 0.0139. The zero-order valence-electron chi connectivity index (χ0n) is 5.04. The van der Waals surface area contributed by atoms with Crippen molar-refractivity contribution in [3.05, 3.63) is 12.7 Å². The van der Waals surface area contributed by atoms with Gasteiger partial charge in [-0.15, -0.1) is 6.58 Å². The van der Waals surface area contributed by atoms with Gasteiger partial charge < -0.3 is 10.2 Å². The summed E-state index contributed by atoms with van der Waals surface area (Å²) in [5.41, 5.74) is 0. The molecule has 0 spiro atoms. The molecule has 0 heterocycles. The summed E-state index contributed by atoms with van der Waals surface area (Å²) < 4.78 is 0. The Bertz CT molecular complexity index is 70.9. The summed E-state index contributed by atoms with van der Waals surface area (Å²) in [4.78, 5) is 0. The lowest BCUT2D eigenvalue weighted by Crippen LogP contribution is -2.19. The number of aliphatic hydroxyl groups is 2. The molecule has 8 heavy (non-hydrogen) atoms. The second-order valence-corrected chi connectivity index (χ2v) is 1.84. The van der Waals surface area contributed by atoms with E-state index in [0.29, 0.717) is 0 Å². The van der Waals surface area contributed by atoms with E-state index < -0.39 is 6.10 Å². The summed E-state index contributed by atoms with van der Waals surface area (Å²) in [5, 5.41) is 17.1. The highest BCUT2D eigenvalue weighted by Crippen LogP contribution is 2.01. The fourth-order valence-corrected chi connectivity index (χ4v) is 0.323. The van der Waals surface area contributed by atoms with Crippen LogP contribution < -0.4 is 0 Å². The predicted octanol–water partition coefficient (Wildman–Crippen LogP) is 0.162. The van der Waals surface area contributed by atoms with E-state index in [4.69, 9.17) is 10.2 Å². The lowest BCUT2D eigenvalue weighted by atomic mass is 10.1. The van der Waals surface area contributed by atoms with Crippen molar-refractivity contribution in [1.82, 2.24) is 0 Å². The summed E-state index contributed by atoms with van der Waals surface area (Å²) in [6.45, 7) is 5.07. The molecule has 0 aliphatic rings. The molecule has 2 nitrogen and oxygen atoms in total. The second-order valence-electron chi connectivity index (χ2n) is 1.84. The Balaban J connectivity index is 3.44. The summed E-state index contributed by atoms with van der Waals surface area (Å²) in [6.07, 6.45) is 0.966. The number of aliphatic hydroxyl groups excluding tert-OH is 2. The molecule has 0 aromatic carbocycles. The van der Waals surface area contributed by atoms with Crippen molar-refractivity contribution in [2.45, 2.75) is 13.0 Å². The molecule has 0 unspecified atom stereocenters. The Morgan fingerprint density at radius 1 is 1.75 bits per heavy atom. The standard InChI is InChI=1S/C6H12O2/c1-3-5(2)6(8)4-7/h3,5-8H,1,4H2,2H3/t5-,6-/m1/s1. The molecule has 0 aromatic heterocycles. The summed E-state index contributed by atoms with van der Waals surface area (Å²) in [7, 11) is 0. The van der Waals surface area contributed by atoms with Gasteiger partial charge in [0.2, 0.25) is 0 Å². The van der Waals surface area contributed by atoms with E-state index in [1.54, 1.807) is 13.0 Å². The van der Waals surface area contributed by atoms with Gasteiger partial charge in [0.25, 0.3) is 0 Å². The van der Waals surface area contributed by atoms with Crippen LogP contribution in [0, 0.1) is 5.92 Å². The first kappa shape index (κ1) is 7.66. The van der Waals surface area contributed by atoms with Crippen molar-refractivity contribution in [3.8, 4) is 0 Å². The van der Waals surface area contributed by atoms with Crippen LogP contribution in [0.25, 0.3) is 0 Å². The molecule has 0 fully saturated rings. The second kappa shape index (κ2) is 3.64. The van der Waals surface area contributed by atoms with E-state index in [1.165, 1.54) is 0 Å². The van der Waals surface area contributed by atoms with Crippen LogP contribution in [0.2, 0.25) is 0 Å². The maximum absolute atomic E-state index is 8.81. The zero-order chi connectivity index (χ0) is 6.57. The van der Waals surface area contributed by atoms with Gasteiger partial charge >= 0.3 is 0 Å². The molecule has 2 N–H and O–H groups in total. The van der Waals surface area contributed by atoms with Gasteiger partial charge in [0.15, 0.2) is 0 Å². The van der Waals surface area contributed by atoms with E-state index in [9.17, 15) is 0 Å². The van der Waals surface area contributed by atoms with Crippen LogP contribution in [0.3, 0.4) is 0 Å². The maximum Gasteiger partial charge on any atom is 0.0830 e. The zero-order valence-corrected chi connectivity index (χ0v) is 5.04. The van der Waals surface area contributed by atoms with Crippen molar-refractivity contribution in [1.29, 1.82) is 0 Å². The van der Waals surface area contributed by atoms with E-state index in [1.807, 2.05) is 0 Å². The van der Waals surface area contributed by atoms with Crippen LogP contribution in [0.1, 0.15) is 6.92 Å². The molecular weight excluding hydrogens is 104 g/mol. The average molecular weight is 116 g/mol. The summed E-state index contributed by atoms with van der Waals surface area (Å²) >= 11 is 0. The maximum atomic E-state index is 8.81. The molecule has 0 aliphatic heterocycles. The van der Waals surface area contributed by atoms with E-state index in [2.05, 4.69) is 6.58 Å². The van der Waals surface area contributed by atoms with Crippen LogP contribution >= 0.6 is 0 Å². The summed E-state index contributed by atoms with van der Waals surface area (Å²) in [5.74, 6) is -0.0139. The Morgan fingerprint density at radius 3 is 2.38 bits per heavy atom. The first-order valence-corrected chi connectivity index (χ1v) is 2.63. The van der Waals surface area contributed by atoms with Gasteiger partial charge in [-0.05, 0) is 0 Å². The molecule has 2 atom stereocenters. The van der Waals surface area contributed by atoms with Gasteiger partial charge in [0, 0.05) is 5.92 Å². The largest absolute Gasteiger partial charge is 0.394 e. The Labute approximate surface area is 49.5 Å². The molecule has 0 radical (unpaired) electrons. The third-order valence-corrected chi connectivity index (χ3v) is 1.17. The molecule has 0 saturated carbocycles. The normalized spacial score (nSPS) is 17.4. The van der Waals surface area contributed by atoms with Crippen LogP contribution in [-0.4, -0.2) is 22.9 Å². The molecule has 2 heteroatoms. The van der Waals surface area contributed by atoms with Gasteiger partial charge in [0.1, 0.15) is 0 Å². The minimum atomic E-state index is -0.646. The molecular formula is C6H12O2. The highest BCUT2D eigenvalue weighted by Gasteiger charge is 2.06. The summed E-state index contributed by atoms with van der Waals surface area (Å²) in [6, 6.07) is 0. The Hall–Kier alpha value is -0.340. The fourth-order valence-electron chi connectivity index (χ4n) is 0.323. The van der Waals surface area contributed by atoms with Gasteiger partial charge in [-0.1, -0.05) is 13.0 Å².